The first-order valence-corrected chi connectivity index (χ1v) is 6.83. The van der Waals surface area contributed by atoms with Crippen LogP contribution >= 0.6 is 31.9 Å². The molecule has 0 spiro atoms. The minimum absolute atomic E-state index is 0.733. The summed E-state index contributed by atoms with van der Waals surface area (Å²) in [4.78, 5) is 0. The van der Waals surface area contributed by atoms with E-state index in [1.165, 1.54) is 5.56 Å². The molecule has 17 heavy (non-hydrogen) atoms. The quantitative estimate of drug-likeness (QED) is 0.797. The number of hydrogen-bond donors (Lipinski definition) is 2. The van der Waals surface area contributed by atoms with Crippen LogP contribution in [0.15, 0.2) is 57.5 Å². The van der Waals surface area contributed by atoms with E-state index in [0.717, 1.165) is 21.2 Å². The van der Waals surface area contributed by atoms with Gasteiger partial charge in [0, 0.05) is 21.2 Å². The predicted octanol–water partition coefficient (Wildman–Crippen LogP) is 4.33. The van der Waals surface area contributed by atoms with Crippen molar-refractivity contribution < 1.29 is 0 Å². The topological polar surface area (TPSA) is 24.1 Å². The average Bonchev–Trinajstić information content (AvgIpc) is 2.34. The summed E-state index contributed by atoms with van der Waals surface area (Å²) in [5, 5.41) is 0. The van der Waals surface area contributed by atoms with E-state index >= 15 is 0 Å². The van der Waals surface area contributed by atoms with Gasteiger partial charge in [-0.05, 0) is 29.8 Å². The molecule has 2 aromatic carbocycles. The van der Waals surface area contributed by atoms with Crippen molar-refractivity contribution in [3.63, 3.8) is 0 Å². The minimum atomic E-state index is 0.733. The van der Waals surface area contributed by atoms with Gasteiger partial charge < -0.3 is 5.43 Å². The van der Waals surface area contributed by atoms with E-state index in [-0.39, 0.29) is 0 Å². The first-order valence-electron chi connectivity index (χ1n) is 5.24. The van der Waals surface area contributed by atoms with Crippen LogP contribution in [0.3, 0.4) is 0 Å². The van der Waals surface area contributed by atoms with E-state index in [2.05, 4.69) is 42.7 Å². The van der Waals surface area contributed by atoms with Crippen molar-refractivity contribution >= 4 is 37.5 Å². The Morgan fingerprint density at radius 2 is 1.47 bits per heavy atom. The summed E-state index contributed by atoms with van der Waals surface area (Å²) in [6.07, 6.45) is 0. The Hall–Kier alpha value is -0.840. The molecule has 0 aliphatic heterocycles. The Labute approximate surface area is 118 Å². The summed E-state index contributed by atoms with van der Waals surface area (Å²) >= 11 is 7.07. The molecule has 88 valence electrons. The second-order valence-electron chi connectivity index (χ2n) is 3.54. The van der Waals surface area contributed by atoms with Crippen LogP contribution in [0.2, 0.25) is 0 Å². The van der Waals surface area contributed by atoms with Gasteiger partial charge in [-0.1, -0.05) is 56.1 Å². The fourth-order valence-electron chi connectivity index (χ4n) is 1.46. The molecule has 2 aromatic rings. The van der Waals surface area contributed by atoms with Crippen LogP contribution in [-0.2, 0) is 6.54 Å². The van der Waals surface area contributed by atoms with Crippen LogP contribution in [0, 0.1) is 0 Å². The average molecular weight is 356 g/mol. The third-order valence-corrected chi connectivity index (χ3v) is 3.82. The van der Waals surface area contributed by atoms with Crippen LogP contribution in [0.1, 0.15) is 5.56 Å². The smallest absolute Gasteiger partial charge is 0.0487 e. The lowest BCUT2D eigenvalue weighted by Crippen LogP contribution is -2.21. The second-order valence-corrected chi connectivity index (χ2v) is 5.25. The highest BCUT2D eigenvalue weighted by atomic mass is 79.9. The fraction of sp³-hybridized carbons (Fsp3) is 0.0769. The molecule has 0 saturated heterocycles. The molecule has 0 unspecified atom stereocenters. The van der Waals surface area contributed by atoms with Crippen molar-refractivity contribution in [1.29, 1.82) is 0 Å². The van der Waals surface area contributed by atoms with Gasteiger partial charge in [-0.3, -0.25) is 0 Å². The number of hydrogen-bond acceptors (Lipinski definition) is 2. The number of anilines is 1. The molecule has 2 nitrogen and oxygen atoms in total. The molecular weight excluding hydrogens is 344 g/mol. The normalized spacial score (nSPS) is 10.2. The van der Waals surface area contributed by atoms with Crippen molar-refractivity contribution in [2.45, 2.75) is 6.54 Å². The molecule has 0 aliphatic carbocycles. The highest BCUT2D eigenvalue weighted by Gasteiger charge is 2.03. The minimum Gasteiger partial charge on any atom is -0.321 e. The molecule has 0 amide bonds. The Bertz CT molecular complexity index is 466. The predicted molar refractivity (Wildman–Crippen MR) is 78.7 cm³/mol. The Morgan fingerprint density at radius 3 is 2.12 bits per heavy atom. The van der Waals surface area contributed by atoms with Gasteiger partial charge in [0.1, 0.15) is 0 Å². The Kier molecular flexibility index (Phi) is 4.59. The van der Waals surface area contributed by atoms with Gasteiger partial charge >= 0.3 is 0 Å². The van der Waals surface area contributed by atoms with Crippen molar-refractivity contribution in [2.75, 3.05) is 5.43 Å². The number of nitrogens with one attached hydrogen (secondary N) is 2. The zero-order chi connectivity index (χ0) is 12.1. The molecule has 4 heteroatoms. The second kappa shape index (κ2) is 6.19. The summed E-state index contributed by atoms with van der Waals surface area (Å²) in [5.41, 5.74) is 8.59. The summed E-state index contributed by atoms with van der Waals surface area (Å²) in [6, 6.07) is 16.1. The third-order valence-electron chi connectivity index (χ3n) is 2.33. The highest BCUT2D eigenvalue weighted by Crippen LogP contribution is 2.24. The van der Waals surface area contributed by atoms with Gasteiger partial charge in [-0.2, -0.15) is 0 Å². The number of para-hydroxylation sites is 1. The van der Waals surface area contributed by atoms with Crippen LogP contribution in [-0.4, -0.2) is 0 Å². The van der Waals surface area contributed by atoms with Gasteiger partial charge in [0.2, 0.25) is 0 Å². The SMILES string of the molecule is Brc1cccc(Br)c1CNNc1ccccc1. The molecule has 0 bridgehead atoms. The van der Waals surface area contributed by atoms with E-state index in [1.54, 1.807) is 0 Å². The van der Waals surface area contributed by atoms with Gasteiger partial charge in [-0.25, -0.2) is 5.43 Å². The molecule has 0 heterocycles. The lowest BCUT2D eigenvalue weighted by atomic mass is 10.2. The molecule has 0 aromatic heterocycles. The summed E-state index contributed by atoms with van der Waals surface area (Å²) in [6.45, 7) is 0.733. The van der Waals surface area contributed by atoms with Crippen molar-refractivity contribution in [3.05, 3.63) is 63.0 Å². The van der Waals surface area contributed by atoms with Crippen LogP contribution in [0.25, 0.3) is 0 Å². The number of rotatable bonds is 4. The molecule has 0 fully saturated rings. The van der Waals surface area contributed by atoms with Gasteiger partial charge in [0.05, 0.1) is 0 Å². The molecule has 0 saturated carbocycles. The van der Waals surface area contributed by atoms with E-state index < -0.39 is 0 Å². The van der Waals surface area contributed by atoms with Crippen LogP contribution < -0.4 is 10.9 Å². The molecule has 0 atom stereocenters. The first kappa shape index (κ1) is 12.6. The Balaban J connectivity index is 1.95. The lowest BCUT2D eigenvalue weighted by Gasteiger charge is -2.11. The lowest BCUT2D eigenvalue weighted by molar-refractivity contribution is 0.795. The van der Waals surface area contributed by atoms with E-state index in [0.29, 0.717) is 0 Å². The maximum absolute atomic E-state index is 3.54. The van der Waals surface area contributed by atoms with Crippen LogP contribution in [0.4, 0.5) is 5.69 Å². The first-order chi connectivity index (χ1) is 8.27. The highest BCUT2D eigenvalue weighted by molar-refractivity contribution is 9.11. The van der Waals surface area contributed by atoms with E-state index in [9.17, 15) is 0 Å². The van der Waals surface area contributed by atoms with Gasteiger partial charge in [0.25, 0.3) is 0 Å². The monoisotopic (exact) mass is 354 g/mol. The maximum Gasteiger partial charge on any atom is 0.0487 e. The third kappa shape index (κ3) is 3.56. The largest absolute Gasteiger partial charge is 0.321 e. The summed E-state index contributed by atoms with van der Waals surface area (Å²) in [5.74, 6) is 0. The van der Waals surface area contributed by atoms with Crippen LogP contribution in [0.5, 0.6) is 0 Å². The van der Waals surface area contributed by atoms with E-state index in [1.807, 2.05) is 48.5 Å². The van der Waals surface area contributed by atoms with Crippen molar-refractivity contribution in [3.8, 4) is 0 Å². The number of halogens is 2. The molecule has 2 N–H and O–H groups in total. The van der Waals surface area contributed by atoms with Gasteiger partial charge in [0.15, 0.2) is 0 Å². The molecule has 0 radical (unpaired) electrons. The molecule has 2 rings (SSSR count). The zero-order valence-corrected chi connectivity index (χ0v) is 12.3. The van der Waals surface area contributed by atoms with E-state index in [4.69, 9.17) is 0 Å². The maximum atomic E-state index is 3.54. The standard InChI is InChI=1S/C13H12Br2N2/c14-12-7-4-8-13(15)11(12)9-16-17-10-5-2-1-3-6-10/h1-8,16-17H,9H2. The molecular formula is C13H12Br2N2. The van der Waals surface area contributed by atoms with Gasteiger partial charge in [-0.15, -0.1) is 0 Å². The summed E-state index contributed by atoms with van der Waals surface area (Å²) < 4.78 is 2.18. The molecule has 0 aliphatic rings. The fourth-order valence-corrected chi connectivity index (χ4v) is 2.74. The Morgan fingerprint density at radius 1 is 0.824 bits per heavy atom. The van der Waals surface area contributed by atoms with Crippen molar-refractivity contribution in [1.82, 2.24) is 5.43 Å². The number of hydrazine groups is 1. The number of benzene rings is 2. The summed E-state index contributed by atoms with van der Waals surface area (Å²) in [7, 11) is 0. The van der Waals surface area contributed by atoms with Crippen molar-refractivity contribution in [2.24, 2.45) is 0 Å². The zero-order valence-electron chi connectivity index (χ0n) is 9.08.